The van der Waals surface area contributed by atoms with E-state index in [1.807, 2.05) is 0 Å². The third-order valence-corrected chi connectivity index (χ3v) is 7.16. The van der Waals surface area contributed by atoms with Crippen molar-refractivity contribution >= 4 is 57.1 Å². The standard InChI is InChI=1S/C23H24ClFN4O2S2/c1-2-31-22(30)20-14-7-4-3-5-10-18(14)33-21(20)27-23(32)26-19-11-12-29(28-19)13-15-16(24)8-6-9-17(15)25/h6,8-9,11-12H,2-5,7,10,13H2,1H3,(H2,26,27,28,32). The Kier molecular flexibility index (Phi) is 7.62. The lowest BCUT2D eigenvalue weighted by Gasteiger charge is -2.10. The second-order valence-corrected chi connectivity index (χ2v) is 9.59. The quantitative estimate of drug-likeness (QED) is 0.241. The number of carbonyl (C=O) groups excluding carboxylic acids is 1. The number of halogens is 2. The molecule has 1 aliphatic carbocycles. The highest BCUT2D eigenvalue weighted by Gasteiger charge is 2.26. The molecule has 4 rings (SSSR count). The normalized spacial score (nSPS) is 13.2. The molecular formula is C23H24ClFN4O2S2. The lowest BCUT2D eigenvalue weighted by Crippen LogP contribution is -2.21. The first-order valence-corrected chi connectivity index (χ1v) is 12.4. The summed E-state index contributed by atoms with van der Waals surface area (Å²) in [5.74, 6) is -0.210. The van der Waals surface area contributed by atoms with Gasteiger partial charge in [-0.2, -0.15) is 5.10 Å². The van der Waals surface area contributed by atoms with E-state index in [0.717, 1.165) is 37.7 Å². The number of carbonyl (C=O) groups is 1. The van der Waals surface area contributed by atoms with Crippen LogP contribution < -0.4 is 10.6 Å². The molecule has 1 aromatic carbocycles. The van der Waals surface area contributed by atoms with Crippen molar-refractivity contribution in [1.82, 2.24) is 9.78 Å². The van der Waals surface area contributed by atoms with Crippen LogP contribution in [0.3, 0.4) is 0 Å². The largest absolute Gasteiger partial charge is 0.462 e. The Morgan fingerprint density at radius 1 is 1.27 bits per heavy atom. The maximum absolute atomic E-state index is 14.1. The zero-order valence-electron chi connectivity index (χ0n) is 18.1. The van der Waals surface area contributed by atoms with E-state index < -0.39 is 0 Å². The van der Waals surface area contributed by atoms with Crippen LogP contribution in [-0.4, -0.2) is 27.5 Å². The van der Waals surface area contributed by atoms with Gasteiger partial charge in [-0.1, -0.05) is 24.1 Å². The average Bonchev–Trinajstić information content (AvgIpc) is 3.27. The van der Waals surface area contributed by atoms with E-state index in [1.165, 1.54) is 10.9 Å². The SMILES string of the molecule is CCOC(=O)c1c(NC(=S)Nc2ccn(Cc3c(F)cccc3Cl)n2)sc2c1CCCCC2. The Bertz CT molecular complexity index is 1160. The highest BCUT2D eigenvalue weighted by Crippen LogP contribution is 2.38. The van der Waals surface area contributed by atoms with Gasteiger partial charge in [-0.3, -0.25) is 4.68 Å². The van der Waals surface area contributed by atoms with Gasteiger partial charge in [-0.05, 0) is 62.5 Å². The van der Waals surface area contributed by atoms with Gasteiger partial charge in [-0.15, -0.1) is 11.3 Å². The predicted molar refractivity (Wildman–Crippen MR) is 134 cm³/mol. The first kappa shape index (κ1) is 23.7. The van der Waals surface area contributed by atoms with Crippen LogP contribution in [0.2, 0.25) is 5.02 Å². The number of aromatic nitrogens is 2. The molecule has 1 aliphatic rings. The third kappa shape index (κ3) is 5.54. The van der Waals surface area contributed by atoms with Gasteiger partial charge in [0.2, 0.25) is 0 Å². The number of anilines is 2. The Balaban J connectivity index is 1.48. The summed E-state index contributed by atoms with van der Waals surface area (Å²) in [6.07, 6.45) is 6.86. The molecule has 0 unspecified atom stereocenters. The molecule has 33 heavy (non-hydrogen) atoms. The lowest BCUT2D eigenvalue weighted by atomic mass is 10.1. The first-order valence-electron chi connectivity index (χ1n) is 10.8. The number of fused-ring (bicyclic) bond motifs is 1. The second kappa shape index (κ2) is 10.6. The number of benzene rings is 1. The fraction of sp³-hybridized carbons (Fsp3) is 0.348. The van der Waals surface area contributed by atoms with Crippen molar-refractivity contribution in [2.75, 3.05) is 17.2 Å². The molecule has 0 fully saturated rings. The van der Waals surface area contributed by atoms with Crippen LogP contribution in [0.5, 0.6) is 0 Å². The number of aryl methyl sites for hydroxylation is 1. The molecule has 0 radical (unpaired) electrons. The molecule has 2 N–H and O–H groups in total. The van der Waals surface area contributed by atoms with E-state index in [2.05, 4.69) is 15.7 Å². The number of rotatable bonds is 6. The average molecular weight is 507 g/mol. The van der Waals surface area contributed by atoms with E-state index in [1.54, 1.807) is 47.3 Å². The van der Waals surface area contributed by atoms with Crippen molar-refractivity contribution in [1.29, 1.82) is 0 Å². The van der Waals surface area contributed by atoms with Crippen LogP contribution in [0.25, 0.3) is 0 Å². The summed E-state index contributed by atoms with van der Waals surface area (Å²) in [7, 11) is 0. The summed E-state index contributed by atoms with van der Waals surface area (Å²) < 4.78 is 21.0. The summed E-state index contributed by atoms with van der Waals surface area (Å²) in [5.41, 5.74) is 2.03. The molecule has 10 heteroatoms. The zero-order chi connectivity index (χ0) is 23.4. The fourth-order valence-corrected chi connectivity index (χ4v) is 5.64. The van der Waals surface area contributed by atoms with Crippen molar-refractivity contribution in [2.45, 2.75) is 45.6 Å². The Hall–Kier alpha value is -2.49. The van der Waals surface area contributed by atoms with Crippen molar-refractivity contribution in [2.24, 2.45) is 0 Å². The highest BCUT2D eigenvalue weighted by molar-refractivity contribution is 7.80. The Morgan fingerprint density at radius 3 is 2.88 bits per heavy atom. The van der Waals surface area contributed by atoms with Crippen LogP contribution in [0.4, 0.5) is 15.2 Å². The minimum absolute atomic E-state index is 0.192. The molecule has 0 aliphatic heterocycles. The molecule has 2 aromatic heterocycles. The second-order valence-electron chi connectivity index (χ2n) is 7.67. The molecule has 2 heterocycles. The molecule has 174 valence electrons. The maximum Gasteiger partial charge on any atom is 0.341 e. The lowest BCUT2D eigenvalue weighted by molar-refractivity contribution is 0.0527. The van der Waals surface area contributed by atoms with Gasteiger partial charge < -0.3 is 15.4 Å². The van der Waals surface area contributed by atoms with Crippen molar-refractivity contribution in [3.63, 3.8) is 0 Å². The predicted octanol–water partition coefficient (Wildman–Crippen LogP) is 6.04. The Morgan fingerprint density at radius 2 is 2.09 bits per heavy atom. The molecular weight excluding hydrogens is 483 g/mol. The third-order valence-electron chi connectivity index (χ3n) is 5.39. The molecule has 0 saturated carbocycles. The molecule has 0 spiro atoms. The van der Waals surface area contributed by atoms with Crippen molar-refractivity contribution < 1.29 is 13.9 Å². The topological polar surface area (TPSA) is 68.2 Å². The number of esters is 1. The van der Waals surface area contributed by atoms with E-state index >= 15 is 0 Å². The number of thiophene rings is 1. The van der Waals surface area contributed by atoms with Gasteiger partial charge in [0.15, 0.2) is 10.9 Å². The number of hydrogen-bond donors (Lipinski definition) is 2. The summed E-state index contributed by atoms with van der Waals surface area (Å²) in [5, 5.41) is 11.9. The molecule has 0 amide bonds. The number of thiocarbonyl (C=S) groups is 1. The molecule has 0 saturated heterocycles. The smallest absolute Gasteiger partial charge is 0.341 e. The number of hydrogen-bond acceptors (Lipinski definition) is 5. The van der Waals surface area contributed by atoms with Crippen molar-refractivity contribution in [3.05, 3.63) is 62.9 Å². The summed E-state index contributed by atoms with van der Waals surface area (Å²) in [6, 6.07) is 6.31. The number of nitrogens with zero attached hydrogens (tertiary/aromatic N) is 2. The minimum Gasteiger partial charge on any atom is -0.462 e. The van der Waals surface area contributed by atoms with Crippen LogP contribution in [0.15, 0.2) is 30.5 Å². The van der Waals surface area contributed by atoms with Crippen LogP contribution in [0.1, 0.15) is 52.5 Å². The van der Waals surface area contributed by atoms with Crippen LogP contribution >= 0.6 is 35.2 Å². The molecule has 0 atom stereocenters. The fourth-order valence-electron chi connectivity index (χ4n) is 3.86. The summed E-state index contributed by atoms with van der Waals surface area (Å²) >= 11 is 13.1. The van der Waals surface area contributed by atoms with Crippen LogP contribution in [0, 0.1) is 5.82 Å². The highest BCUT2D eigenvalue weighted by atomic mass is 35.5. The van der Waals surface area contributed by atoms with Gasteiger partial charge in [0.25, 0.3) is 0 Å². The van der Waals surface area contributed by atoms with Gasteiger partial charge in [-0.25, -0.2) is 9.18 Å². The molecule has 6 nitrogen and oxygen atoms in total. The van der Waals surface area contributed by atoms with Gasteiger partial charge >= 0.3 is 5.97 Å². The number of nitrogens with one attached hydrogen (secondary N) is 2. The van der Waals surface area contributed by atoms with Gasteiger partial charge in [0, 0.05) is 27.7 Å². The van der Waals surface area contributed by atoms with E-state index in [4.69, 9.17) is 28.6 Å². The zero-order valence-corrected chi connectivity index (χ0v) is 20.5. The molecule has 0 bridgehead atoms. The monoisotopic (exact) mass is 506 g/mol. The minimum atomic E-state index is -0.381. The number of ether oxygens (including phenoxy) is 1. The van der Waals surface area contributed by atoms with E-state index in [-0.39, 0.29) is 18.3 Å². The van der Waals surface area contributed by atoms with E-state index in [0.29, 0.717) is 38.7 Å². The van der Waals surface area contributed by atoms with Gasteiger partial charge in [0.05, 0.1) is 18.7 Å². The maximum atomic E-state index is 14.1. The summed E-state index contributed by atoms with van der Waals surface area (Å²) in [6.45, 7) is 2.31. The summed E-state index contributed by atoms with van der Waals surface area (Å²) in [4.78, 5) is 13.9. The Labute approximate surface area is 206 Å². The van der Waals surface area contributed by atoms with E-state index in [9.17, 15) is 9.18 Å². The van der Waals surface area contributed by atoms with Gasteiger partial charge in [0.1, 0.15) is 10.8 Å². The van der Waals surface area contributed by atoms with Crippen molar-refractivity contribution in [3.8, 4) is 0 Å². The molecule has 3 aromatic rings. The first-order chi connectivity index (χ1) is 16.0. The van der Waals surface area contributed by atoms with Crippen LogP contribution in [-0.2, 0) is 24.1 Å².